The molecular weight excluding hydrogens is 258 g/mol. The van der Waals surface area contributed by atoms with Gasteiger partial charge in [0, 0.05) is 6.04 Å². The number of methoxy groups -OCH3 is 1. The number of rotatable bonds is 6. The first-order chi connectivity index (χ1) is 10.3. The van der Waals surface area contributed by atoms with Crippen LogP contribution in [-0.4, -0.2) is 20.2 Å². The summed E-state index contributed by atoms with van der Waals surface area (Å²) in [6.45, 7) is 0. The van der Waals surface area contributed by atoms with Crippen molar-refractivity contribution in [2.24, 2.45) is 0 Å². The summed E-state index contributed by atoms with van der Waals surface area (Å²) in [5, 5.41) is 3.48. The average Bonchev–Trinajstić information content (AvgIpc) is 2.51. The van der Waals surface area contributed by atoms with Gasteiger partial charge in [0.1, 0.15) is 5.75 Å². The fourth-order valence-electron chi connectivity index (χ4n) is 3.36. The van der Waals surface area contributed by atoms with Crippen molar-refractivity contribution in [3.8, 4) is 5.75 Å². The van der Waals surface area contributed by atoms with E-state index in [0.717, 1.165) is 12.2 Å². The van der Waals surface area contributed by atoms with Crippen molar-refractivity contribution in [2.45, 2.75) is 31.2 Å². The van der Waals surface area contributed by atoms with Crippen LogP contribution < -0.4 is 10.1 Å². The van der Waals surface area contributed by atoms with E-state index >= 15 is 0 Å². The second-order valence-corrected chi connectivity index (χ2v) is 5.84. The molecule has 2 aromatic rings. The van der Waals surface area contributed by atoms with Crippen LogP contribution in [0, 0.1) is 0 Å². The van der Waals surface area contributed by atoms with E-state index in [1.165, 1.54) is 29.5 Å². The highest BCUT2D eigenvalue weighted by Gasteiger charge is 2.27. The lowest BCUT2D eigenvalue weighted by atomic mass is 9.74. The number of benzene rings is 2. The zero-order valence-electron chi connectivity index (χ0n) is 12.8. The van der Waals surface area contributed by atoms with Crippen LogP contribution in [0.5, 0.6) is 5.75 Å². The van der Waals surface area contributed by atoms with Gasteiger partial charge in [-0.2, -0.15) is 0 Å². The molecule has 2 atom stereocenters. The fourth-order valence-corrected chi connectivity index (χ4v) is 3.36. The van der Waals surface area contributed by atoms with Crippen LogP contribution in [0.1, 0.15) is 29.0 Å². The second-order valence-electron chi connectivity index (χ2n) is 5.84. The third-order valence-electron chi connectivity index (χ3n) is 4.60. The van der Waals surface area contributed by atoms with Crippen LogP contribution in [0.25, 0.3) is 0 Å². The molecule has 1 aliphatic carbocycles. The van der Waals surface area contributed by atoms with E-state index in [9.17, 15) is 0 Å². The van der Waals surface area contributed by atoms with E-state index in [4.69, 9.17) is 4.74 Å². The molecule has 21 heavy (non-hydrogen) atoms. The van der Waals surface area contributed by atoms with Gasteiger partial charge in [0.2, 0.25) is 0 Å². The van der Waals surface area contributed by atoms with Gasteiger partial charge in [-0.25, -0.2) is 0 Å². The lowest BCUT2D eigenvalue weighted by Crippen LogP contribution is -2.32. The van der Waals surface area contributed by atoms with Gasteiger partial charge in [0.05, 0.1) is 7.11 Å². The lowest BCUT2D eigenvalue weighted by molar-refractivity contribution is 0.397. The van der Waals surface area contributed by atoms with Gasteiger partial charge in [-0.1, -0.05) is 42.5 Å². The second kappa shape index (κ2) is 6.31. The Balaban J connectivity index is 1.67. The van der Waals surface area contributed by atoms with Crippen molar-refractivity contribution in [1.82, 2.24) is 5.32 Å². The van der Waals surface area contributed by atoms with Gasteiger partial charge in [0.25, 0.3) is 0 Å². The molecule has 0 spiro atoms. The zero-order chi connectivity index (χ0) is 14.7. The predicted molar refractivity (Wildman–Crippen MR) is 87.0 cm³/mol. The van der Waals surface area contributed by atoms with Crippen molar-refractivity contribution >= 4 is 0 Å². The largest absolute Gasteiger partial charge is 0.496 e. The standard InChI is InChI=1S/C19H23NO/c1-20-17(12-15-8-4-6-10-19(15)21-2)13-16-11-14-7-3-5-9-18(14)16/h3-10,16-17,20H,11-13H2,1-2H3. The molecule has 0 radical (unpaired) electrons. The first kappa shape index (κ1) is 14.2. The van der Waals surface area contributed by atoms with Crippen molar-refractivity contribution in [3.63, 3.8) is 0 Å². The van der Waals surface area contributed by atoms with Gasteiger partial charge >= 0.3 is 0 Å². The monoisotopic (exact) mass is 281 g/mol. The van der Waals surface area contributed by atoms with E-state index in [1.807, 2.05) is 12.1 Å². The van der Waals surface area contributed by atoms with Crippen LogP contribution in [0.4, 0.5) is 0 Å². The Morgan fingerprint density at radius 3 is 2.67 bits per heavy atom. The van der Waals surface area contributed by atoms with Crippen LogP contribution >= 0.6 is 0 Å². The molecule has 110 valence electrons. The van der Waals surface area contributed by atoms with Crippen LogP contribution in [-0.2, 0) is 12.8 Å². The third kappa shape index (κ3) is 2.96. The van der Waals surface area contributed by atoms with Crippen molar-refractivity contribution in [2.75, 3.05) is 14.2 Å². The van der Waals surface area contributed by atoms with Gasteiger partial charge in [0.15, 0.2) is 0 Å². The molecule has 1 aliphatic rings. The summed E-state index contributed by atoms with van der Waals surface area (Å²) in [6, 6.07) is 17.6. The first-order valence-corrected chi connectivity index (χ1v) is 7.68. The molecule has 0 heterocycles. The predicted octanol–water partition coefficient (Wildman–Crippen LogP) is 3.56. The van der Waals surface area contributed by atoms with Gasteiger partial charge in [-0.05, 0) is 55.0 Å². The first-order valence-electron chi connectivity index (χ1n) is 7.68. The molecule has 0 fully saturated rings. The minimum absolute atomic E-state index is 0.486. The van der Waals surface area contributed by atoms with Crippen molar-refractivity contribution < 1.29 is 4.74 Å². The molecule has 0 aromatic heterocycles. The normalized spacial score (nSPS) is 17.7. The summed E-state index contributed by atoms with van der Waals surface area (Å²) in [5.41, 5.74) is 4.35. The van der Waals surface area contributed by atoms with Gasteiger partial charge < -0.3 is 10.1 Å². The zero-order valence-corrected chi connectivity index (χ0v) is 12.8. The minimum Gasteiger partial charge on any atom is -0.496 e. The van der Waals surface area contributed by atoms with E-state index in [-0.39, 0.29) is 0 Å². The molecular formula is C19H23NO. The van der Waals surface area contributed by atoms with Crippen LogP contribution in [0.2, 0.25) is 0 Å². The Kier molecular flexibility index (Phi) is 4.26. The summed E-state index contributed by atoms with van der Waals surface area (Å²) in [6.07, 6.45) is 3.42. The molecule has 2 nitrogen and oxygen atoms in total. The summed E-state index contributed by atoms with van der Waals surface area (Å²) in [4.78, 5) is 0. The van der Waals surface area contributed by atoms with E-state index in [1.54, 1.807) is 7.11 Å². The molecule has 0 saturated carbocycles. The maximum absolute atomic E-state index is 5.46. The molecule has 0 saturated heterocycles. The van der Waals surface area contributed by atoms with Crippen molar-refractivity contribution in [3.05, 3.63) is 65.2 Å². The number of hydrogen-bond acceptors (Lipinski definition) is 2. The number of para-hydroxylation sites is 1. The van der Waals surface area contributed by atoms with Crippen molar-refractivity contribution in [1.29, 1.82) is 0 Å². The van der Waals surface area contributed by atoms with E-state index < -0.39 is 0 Å². The third-order valence-corrected chi connectivity index (χ3v) is 4.60. The lowest BCUT2D eigenvalue weighted by Gasteiger charge is -2.33. The highest BCUT2D eigenvalue weighted by Crippen LogP contribution is 2.38. The average molecular weight is 281 g/mol. The minimum atomic E-state index is 0.486. The van der Waals surface area contributed by atoms with E-state index in [0.29, 0.717) is 12.0 Å². The Labute approximate surface area is 127 Å². The Morgan fingerprint density at radius 1 is 1.14 bits per heavy atom. The van der Waals surface area contributed by atoms with E-state index in [2.05, 4.69) is 48.8 Å². The highest BCUT2D eigenvalue weighted by atomic mass is 16.5. The fraction of sp³-hybridized carbons (Fsp3) is 0.368. The number of hydrogen-bond donors (Lipinski definition) is 1. The Morgan fingerprint density at radius 2 is 1.90 bits per heavy atom. The molecule has 0 aliphatic heterocycles. The summed E-state index contributed by atoms with van der Waals surface area (Å²) in [7, 11) is 3.81. The SMILES string of the molecule is CNC(Cc1ccccc1OC)CC1Cc2ccccc21. The number of fused-ring (bicyclic) bond motifs is 1. The molecule has 2 heteroatoms. The Hall–Kier alpha value is -1.80. The molecule has 0 bridgehead atoms. The topological polar surface area (TPSA) is 21.3 Å². The summed E-state index contributed by atoms with van der Waals surface area (Å²) >= 11 is 0. The maximum atomic E-state index is 5.46. The number of ether oxygens (including phenoxy) is 1. The summed E-state index contributed by atoms with van der Waals surface area (Å²) in [5.74, 6) is 1.69. The van der Waals surface area contributed by atoms with Crippen LogP contribution in [0.15, 0.2) is 48.5 Å². The number of likely N-dealkylation sites (N-methyl/N-ethyl adjacent to an activating group) is 1. The molecule has 1 N–H and O–H groups in total. The van der Waals surface area contributed by atoms with Crippen LogP contribution in [0.3, 0.4) is 0 Å². The maximum Gasteiger partial charge on any atom is 0.122 e. The molecule has 2 aromatic carbocycles. The number of nitrogens with one attached hydrogen (secondary N) is 1. The highest BCUT2D eigenvalue weighted by molar-refractivity contribution is 5.40. The smallest absolute Gasteiger partial charge is 0.122 e. The van der Waals surface area contributed by atoms with Gasteiger partial charge in [-0.3, -0.25) is 0 Å². The Bertz CT molecular complexity index is 608. The molecule has 3 rings (SSSR count). The van der Waals surface area contributed by atoms with Gasteiger partial charge in [-0.15, -0.1) is 0 Å². The molecule has 0 amide bonds. The summed E-state index contributed by atoms with van der Waals surface area (Å²) < 4.78 is 5.46. The quantitative estimate of drug-likeness (QED) is 0.874. The molecule has 2 unspecified atom stereocenters.